The highest BCUT2D eigenvalue weighted by Crippen LogP contribution is 2.26. The second-order valence-electron chi connectivity index (χ2n) is 4.60. The van der Waals surface area contributed by atoms with Gasteiger partial charge in [-0.25, -0.2) is 4.98 Å². The van der Waals surface area contributed by atoms with E-state index in [0.717, 1.165) is 26.9 Å². The molecule has 0 spiro atoms. The molecular weight excluding hydrogens is 322 g/mol. The number of halogens is 1. The average molecular weight is 334 g/mol. The highest BCUT2D eigenvalue weighted by atomic mass is 79.9. The largest absolute Gasteiger partial charge is 0.329 e. The van der Waals surface area contributed by atoms with Crippen molar-refractivity contribution in [1.82, 2.24) is 14.5 Å². The summed E-state index contributed by atoms with van der Waals surface area (Å²) in [5, 5.41) is 0. The predicted octanol–water partition coefficient (Wildman–Crippen LogP) is 4.46. The summed E-state index contributed by atoms with van der Waals surface area (Å²) < 4.78 is 3.61. The number of nitrogens with one attached hydrogen (secondary N) is 1. The molecule has 2 heterocycles. The van der Waals surface area contributed by atoms with Crippen LogP contribution in [0.3, 0.4) is 0 Å². The lowest BCUT2D eigenvalue weighted by molar-refractivity contribution is 1.03. The molecule has 2 aromatic heterocycles. The first-order valence-electron chi connectivity index (χ1n) is 5.90. The van der Waals surface area contributed by atoms with Gasteiger partial charge in [-0.3, -0.25) is 4.57 Å². The maximum Gasteiger partial charge on any atom is 0.184 e. The van der Waals surface area contributed by atoms with Crippen LogP contribution in [0.4, 0.5) is 0 Å². The van der Waals surface area contributed by atoms with Crippen molar-refractivity contribution in [3.63, 3.8) is 0 Å². The van der Waals surface area contributed by atoms with Crippen molar-refractivity contribution in [2.45, 2.75) is 13.8 Å². The van der Waals surface area contributed by atoms with Crippen molar-refractivity contribution >= 4 is 39.3 Å². The van der Waals surface area contributed by atoms with Crippen molar-refractivity contribution in [3.05, 3.63) is 50.8 Å². The quantitative estimate of drug-likeness (QED) is 0.667. The number of H-pyrrole nitrogens is 1. The lowest BCUT2D eigenvalue weighted by Crippen LogP contribution is -1.97. The minimum Gasteiger partial charge on any atom is -0.329 e. The van der Waals surface area contributed by atoms with E-state index in [2.05, 4.69) is 51.0 Å². The average Bonchev–Trinajstić information content (AvgIpc) is 2.65. The molecule has 0 radical (unpaired) electrons. The third-order valence-corrected chi connectivity index (χ3v) is 3.92. The zero-order valence-electron chi connectivity index (χ0n) is 10.6. The maximum atomic E-state index is 5.42. The molecule has 0 aliphatic rings. The van der Waals surface area contributed by atoms with Gasteiger partial charge in [0.25, 0.3) is 0 Å². The SMILES string of the molecule is Cc1ccc(-n2c(=S)[nH]c3cc(C)cnc32)c(Br)c1. The third-order valence-electron chi connectivity index (χ3n) is 3.00. The smallest absolute Gasteiger partial charge is 0.184 e. The summed E-state index contributed by atoms with van der Waals surface area (Å²) in [6.07, 6.45) is 1.85. The fourth-order valence-electron chi connectivity index (χ4n) is 2.12. The summed E-state index contributed by atoms with van der Waals surface area (Å²) in [7, 11) is 0. The van der Waals surface area contributed by atoms with Crippen molar-refractivity contribution < 1.29 is 0 Å². The van der Waals surface area contributed by atoms with Gasteiger partial charge in [0.15, 0.2) is 10.4 Å². The Bertz CT molecular complexity index is 832. The molecule has 3 aromatic rings. The van der Waals surface area contributed by atoms with Crippen LogP contribution in [0.2, 0.25) is 0 Å². The van der Waals surface area contributed by atoms with Crippen LogP contribution in [0.5, 0.6) is 0 Å². The van der Waals surface area contributed by atoms with Gasteiger partial charge in [-0.15, -0.1) is 0 Å². The normalized spacial score (nSPS) is 11.1. The topological polar surface area (TPSA) is 33.6 Å². The van der Waals surface area contributed by atoms with Crippen molar-refractivity contribution in [1.29, 1.82) is 0 Å². The molecular formula is C14H12BrN3S. The highest BCUT2D eigenvalue weighted by molar-refractivity contribution is 9.10. The molecule has 19 heavy (non-hydrogen) atoms. The zero-order valence-corrected chi connectivity index (χ0v) is 13.0. The summed E-state index contributed by atoms with van der Waals surface area (Å²) in [5.41, 5.74) is 5.11. The zero-order chi connectivity index (χ0) is 13.6. The molecule has 0 bridgehead atoms. The number of pyridine rings is 1. The fourth-order valence-corrected chi connectivity index (χ4v) is 3.08. The molecule has 0 aliphatic heterocycles. The molecule has 3 nitrogen and oxygen atoms in total. The van der Waals surface area contributed by atoms with Crippen LogP contribution >= 0.6 is 28.1 Å². The molecule has 0 saturated heterocycles. The van der Waals surface area contributed by atoms with E-state index >= 15 is 0 Å². The molecule has 0 amide bonds. The Balaban J connectivity index is 2.36. The van der Waals surface area contributed by atoms with Gasteiger partial charge in [0.2, 0.25) is 0 Å². The Hall–Kier alpha value is -1.46. The number of hydrogen-bond acceptors (Lipinski definition) is 2. The van der Waals surface area contributed by atoms with Gasteiger partial charge in [0, 0.05) is 10.7 Å². The van der Waals surface area contributed by atoms with E-state index in [1.54, 1.807) is 0 Å². The first kappa shape index (κ1) is 12.6. The van der Waals surface area contributed by atoms with Gasteiger partial charge >= 0.3 is 0 Å². The molecule has 5 heteroatoms. The van der Waals surface area contributed by atoms with Gasteiger partial charge in [0.05, 0.1) is 11.2 Å². The number of benzene rings is 1. The molecule has 0 saturated carbocycles. The number of fused-ring (bicyclic) bond motifs is 1. The van der Waals surface area contributed by atoms with Crippen molar-refractivity contribution in [2.75, 3.05) is 0 Å². The summed E-state index contributed by atoms with van der Waals surface area (Å²) in [6.45, 7) is 4.08. The summed E-state index contributed by atoms with van der Waals surface area (Å²) >= 11 is 9.01. The van der Waals surface area contributed by atoms with Gasteiger partial charge in [-0.1, -0.05) is 6.07 Å². The number of nitrogens with zero attached hydrogens (tertiary/aromatic N) is 2. The lowest BCUT2D eigenvalue weighted by atomic mass is 10.2. The minimum absolute atomic E-state index is 0.651. The molecule has 0 atom stereocenters. The third kappa shape index (κ3) is 2.13. The molecule has 96 valence electrons. The van der Waals surface area contributed by atoms with Crippen LogP contribution in [0.15, 0.2) is 34.9 Å². The van der Waals surface area contributed by atoms with Crippen LogP contribution in [0.1, 0.15) is 11.1 Å². The number of aromatic amines is 1. The molecule has 1 aromatic carbocycles. The Kier molecular flexibility index (Phi) is 3.03. The number of aryl methyl sites for hydroxylation is 2. The second-order valence-corrected chi connectivity index (χ2v) is 5.85. The van der Waals surface area contributed by atoms with E-state index in [9.17, 15) is 0 Å². The first-order chi connectivity index (χ1) is 9.06. The summed E-state index contributed by atoms with van der Waals surface area (Å²) in [6, 6.07) is 8.24. The van der Waals surface area contributed by atoms with Crippen molar-refractivity contribution in [3.8, 4) is 5.69 Å². The second kappa shape index (κ2) is 4.58. The van der Waals surface area contributed by atoms with Crippen molar-refractivity contribution in [2.24, 2.45) is 0 Å². The maximum absolute atomic E-state index is 5.42. The molecule has 1 N–H and O–H groups in total. The Labute approximate surface area is 124 Å². The van der Waals surface area contributed by atoms with Crippen LogP contribution < -0.4 is 0 Å². The predicted molar refractivity (Wildman–Crippen MR) is 83.4 cm³/mol. The summed E-state index contributed by atoms with van der Waals surface area (Å²) in [5.74, 6) is 0. The highest BCUT2D eigenvalue weighted by Gasteiger charge is 2.10. The van der Waals surface area contributed by atoms with Gasteiger partial charge in [-0.05, 0) is 71.3 Å². The van der Waals surface area contributed by atoms with E-state index in [0.29, 0.717) is 4.77 Å². The Morgan fingerprint density at radius 2 is 2.00 bits per heavy atom. The van der Waals surface area contributed by atoms with Gasteiger partial charge in [0.1, 0.15) is 0 Å². The molecule has 3 rings (SSSR count). The van der Waals surface area contributed by atoms with Crippen LogP contribution in [-0.2, 0) is 0 Å². The monoisotopic (exact) mass is 333 g/mol. The van der Waals surface area contributed by atoms with E-state index in [1.807, 2.05) is 23.8 Å². The summed E-state index contributed by atoms with van der Waals surface area (Å²) in [4.78, 5) is 7.69. The van der Waals surface area contributed by atoms with Gasteiger partial charge in [-0.2, -0.15) is 0 Å². The lowest BCUT2D eigenvalue weighted by Gasteiger charge is -2.07. The van der Waals surface area contributed by atoms with Gasteiger partial charge < -0.3 is 4.98 Å². The van der Waals surface area contributed by atoms with E-state index in [1.165, 1.54) is 5.56 Å². The fraction of sp³-hybridized carbons (Fsp3) is 0.143. The van der Waals surface area contributed by atoms with Crippen LogP contribution in [-0.4, -0.2) is 14.5 Å². The van der Waals surface area contributed by atoms with E-state index < -0.39 is 0 Å². The van der Waals surface area contributed by atoms with E-state index in [-0.39, 0.29) is 0 Å². The van der Waals surface area contributed by atoms with Crippen LogP contribution in [0.25, 0.3) is 16.9 Å². The Morgan fingerprint density at radius 3 is 2.74 bits per heavy atom. The number of aromatic nitrogens is 3. The van der Waals surface area contributed by atoms with E-state index in [4.69, 9.17) is 12.2 Å². The molecule has 0 aliphatic carbocycles. The Morgan fingerprint density at radius 1 is 1.21 bits per heavy atom. The van der Waals surface area contributed by atoms with Crippen LogP contribution in [0, 0.1) is 18.6 Å². The number of hydrogen-bond donors (Lipinski definition) is 1. The minimum atomic E-state index is 0.651. The number of imidazole rings is 1. The molecule has 0 fully saturated rings. The first-order valence-corrected chi connectivity index (χ1v) is 7.10. The number of rotatable bonds is 1. The molecule has 0 unspecified atom stereocenters. The standard InChI is InChI=1S/C14H12BrN3S/c1-8-3-4-12(10(15)5-8)18-13-11(17-14(18)19)6-9(2)7-16-13/h3-7H,1-2H3,(H,17,19).